The Balaban J connectivity index is 2.16. The van der Waals surface area contributed by atoms with Crippen LogP contribution in [-0.2, 0) is 13.8 Å². The first kappa shape index (κ1) is 16.1. The normalized spacial score (nSPS) is 32.0. The Bertz CT molecular complexity index is 615. The van der Waals surface area contributed by atoms with Crippen molar-refractivity contribution < 1.29 is 28.9 Å². The predicted molar refractivity (Wildman–Crippen MR) is 70.5 cm³/mol. The van der Waals surface area contributed by atoms with E-state index in [9.17, 15) is 19.6 Å². The third-order valence-electron chi connectivity index (χ3n) is 2.94. The standard InChI is InChI=1S/C10H16N3O7P/c1-21(17,18)19-4-5-7(14)8(15)9(20-5)13-3-2-6(11)12-10(13)16/h2-3,5,7-9,14-15H,4H2,1H3,(H,17,18)(H2,11,12,16)/t5-,7-,8+,9?/m1/s1. The van der Waals surface area contributed by atoms with E-state index in [4.69, 9.17) is 15.4 Å². The topological polar surface area (TPSA) is 157 Å². The number of anilines is 1. The number of aromatic nitrogens is 2. The molecule has 0 bridgehead atoms. The van der Waals surface area contributed by atoms with Crippen LogP contribution in [0.3, 0.4) is 0 Å². The molecule has 1 aliphatic heterocycles. The molecule has 0 spiro atoms. The molecule has 0 saturated carbocycles. The van der Waals surface area contributed by atoms with Gasteiger partial charge in [-0.2, -0.15) is 4.98 Å². The Kier molecular flexibility index (Phi) is 4.47. The van der Waals surface area contributed by atoms with Crippen molar-refractivity contribution in [3.8, 4) is 0 Å². The van der Waals surface area contributed by atoms with Crippen LogP contribution in [0.1, 0.15) is 6.23 Å². The lowest BCUT2D eigenvalue weighted by Gasteiger charge is -2.17. The zero-order chi connectivity index (χ0) is 15.8. The van der Waals surface area contributed by atoms with Crippen LogP contribution in [0.4, 0.5) is 5.82 Å². The van der Waals surface area contributed by atoms with Crippen molar-refractivity contribution in [2.75, 3.05) is 19.0 Å². The van der Waals surface area contributed by atoms with Gasteiger partial charge in [-0.15, -0.1) is 0 Å². The summed E-state index contributed by atoms with van der Waals surface area (Å²) in [5.74, 6) is 0.0105. The van der Waals surface area contributed by atoms with Gasteiger partial charge in [-0.05, 0) is 6.07 Å². The first-order valence-electron chi connectivity index (χ1n) is 6.00. The molecule has 1 aromatic heterocycles. The molecule has 0 amide bonds. The van der Waals surface area contributed by atoms with E-state index in [2.05, 4.69) is 9.51 Å². The van der Waals surface area contributed by atoms with E-state index in [1.54, 1.807) is 0 Å². The quantitative estimate of drug-likeness (QED) is 0.473. The Morgan fingerprint density at radius 3 is 2.76 bits per heavy atom. The number of nitrogens with zero attached hydrogens (tertiary/aromatic N) is 2. The molecule has 0 aromatic carbocycles. The van der Waals surface area contributed by atoms with Crippen molar-refractivity contribution in [3.05, 3.63) is 22.7 Å². The molecular formula is C10H16N3O7P. The first-order chi connectivity index (χ1) is 9.69. The van der Waals surface area contributed by atoms with E-state index in [1.165, 1.54) is 12.3 Å². The van der Waals surface area contributed by atoms with Gasteiger partial charge in [-0.1, -0.05) is 0 Å². The molecule has 0 aliphatic carbocycles. The van der Waals surface area contributed by atoms with Crippen LogP contribution >= 0.6 is 7.60 Å². The fraction of sp³-hybridized carbons (Fsp3) is 0.600. The van der Waals surface area contributed by atoms with Gasteiger partial charge >= 0.3 is 13.3 Å². The molecule has 5 N–H and O–H groups in total. The molecule has 2 rings (SSSR count). The monoisotopic (exact) mass is 321 g/mol. The summed E-state index contributed by atoms with van der Waals surface area (Å²) >= 11 is 0. The van der Waals surface area contributed by atoms with E-state index in [0.29, 0.717) is 0 Å². The minimum absolute atomic E-state index is 0.0105. The van der Waals surface area contributed by atoms with Gasteiger partial charge in [0.1, 0.15) is 24.1 Å². The fourth-order valence-corrected chi connectivity index (χ4v) is 2.35. The van der Waals surface area contributed by atoms with Crippen LogP contribution in [0.2, 0.25) is 0 Å². The van der Waals surface area contributed by atoms with Crippen molar-refractivity contribution in [2.24, 2.45) is 0 Å². The van der Waals surface area contributed by atoms with E-state index >= 15 is 0 Å². The molecule has 1 aromatic rings. The Morgan fingerprint density at radius 2 is 2.19 bits per heavy atom. The summed E-state index contributed by atoms with van der Waals surface area (Å²) in [6, 6.07) is 1.33. The highest BCUT2D eigenvalue weighted by Crippen LogP contribution is 2.38. The summed E-state index contributed by atoms with van der Waals surface area (Å²) in [5, 5.41) is 19.8. The summed E-state index contributed by atoms with van der Waals surface area (Å²) in [6.07, 6.45) is -3.78. The number of nitrogens with two attached hydrogens (primary N) is 1. The molecular weight excluding hydrogens is 305 g/mol. The highest BCUT2D eigenvalue weighted by Gasteiger charge is 2.44. The molecule has 11 heteroatoms. The summed E-state index contributed by atoms with van der Waals surface area (Å²) in [5.41, 5.74) is 4.60. The van der Waals surface area contributed by atoms with Gasteiger partial charge in [0.05, 0.1) is 6.61 Å². The lowest BCUT2D eigenvalue weighted by Crippen LogP contribution is -2.36. The number of nitrogen functional groups attached to an aromatic ring is 1. The van der Waals surface area contributed by atoms with Gasteiger partial charge < -0.3 is 30.1 Å². The maximum Gasteiger partial charge on any atom is 0.351 e. The van der Waals surface area contributed by atoms with Crippen molar-refractivity contribution in [1.29, 1.82) is 0 Å². The number of hydrogen-bond donors (Lipinski definition) is 4. The van der Waals surface area contributed by atoms with Crippen molar-refractivity contribution in [3.63, 3.8) is 0 Å². The average Bonchev–Trinajstić information content (AvgIpc) is 2.64. The van der Waals surface area contributed by atoms with Gasteiger partial charge in [0.15, 0.2) is 6.23 Å². The molecule has 2 unspecified atom stereocenters. The van der Waals surface area contributed by atoms with Crippen molar-refractivity contribution in [1.82, 2.24) is 9.55 Å². The van der Waals surface area contributed by atoms with E-state index in [-0.39, 0.29) is 5.82 Å². The second-order valence-corrected chi connectivity index (χ2v) is 6.55. The summed E-state index contributed by atoms with van der Waals surface area (Å²) in [4.78, 5) is 24.2. The zero-order valence-electron chi connectivity index (χ0n) is 11.1. The lowest BCUT2D eigenvalue weighted by atomic mass is 10.1. The van der Waals surface area contributed by atoms with Crippen LogP contribution in [0.25, 0.3) is 0 Å². The van der Waals surface area contributed by atoms with E-state index in [1.807, 2.05) is 0 Å². The molecule has 1 fully saturated rings. The minimum Gasteiger partial charge on any atom is -0.387 e. The number of ether oxygens (including phenoxy) is 1. The second kappa shape index (κ2) is 5.84. The Hall–Kier alpha value is -1.29. The van der Waals surface area contributed by atoms with Gasteiger partial charge in [0, 0.05) is 12.9 Å². The fourth-order valence-electron chi connectivity index (χ4n) is 1.93. The summed E-state index contributed by atoms with van der Waals surface area (Å²) < 4.78 is 22.0. The average molecular weight is 321 g/mol. The lowest BCUT2D eigenvalue weighted by molar-refractivity contribution is -0.0523. The molecule has 1 aliphatic rings. The van der Waals surface area contributed by atoms with Gasteiger partial charge in [-0.3, -0.25) is 9.13 Å². The number of aliphatic hydroxyl groups excluding tert-OH is 2. The van der Waals surface area contributed by atoms with Gasteiger partial charge in [0.25, 0.3) is 0 Å². The van der Waals surface area contributed by atoms with Crippen molar-refractivity contribution in [2.45, 2.75) is 24.5 Å². The molecule has 118 valence electrons. The molecule has 21 heavy (non-hydrogen) atoms. The maximum absolute atomic E-state index is 11.7. The second-order valence-electron chi connectivity index (χ2n) is 4.69. The molecule has 1 saturated heterocycles. The number of hydrogen-bond acceptors (Lipinski definition) is 8. The van der Waals surface area contributed by atoms with Crippen LogP contribution in [0.5, 0.6) is 0 Å². The minimum atomic E-state index is -3.74. The summed E-state index contributed by atoms with van der Waals surface area (Å²) in [7, 11) is -3.74. The summed E-state index contributed by atoms with van der Waals surface area (Å²) in [6.45, 7) is 0.576. The Morgan fingerprint density at radius 1 is 1.52 bits per heavy atom. The Labute approximate surface area is 119 Å². The highest BCUT2D eigenvalue weighted by molar-refractivity contribution is 7.51. The largest absolute Gasteiger partial charge is 0.387 e. The predicted octanol–water partition coefficient (Wildman–Crippen LogP) is -1.72. The molecule has 10 nitrogen and oxygen atoms in total. The zero-order valence-corrected chi connectivity index (χ0v) is 12.0. The van der Waals surface area contributed by atoms with E-state index in [0.717, 1.165) is 11.2 Å². The maximum atomic E-state index is 11.7. The van der Waals surface area contributed by atoms with Crippen LogP contribution < -0.4 is 11.4 Å². The molecule has 2 heterocycles. The molecule has 5 atom stereocenters. The number of rotatable bonds is 4. The van der Waals surface area contributed by atoms with Crippen LogP contribution in [-0.4, -0.2) is 56.2 Å². The van der Waals surface area contributed by atoms with Gasteiger partial charge in [-0.25, -0.2) is 4.79 Å². The third kappa shape index (κ3) is 3.67. The third-order valence-corrected chi connectivity index (χ3v) is 3.57. The van der Waals surface area contributed by atoms with Crippen LogP contribution in [0, 0.1) is 0 Å². The number of aliphatic hydroxyl groups is 2. The molecule has 0 radical (unpaired) electrons. The van der Waals surface area contributed by atoms with Gasteiger partial charge in [0.2, 0.25) is 0 Å². The van der Waals surface area contributed by atoms with Crippen molar-refractivity contribution >= 4 is 13.4 Å². The van der Waals surface area contributed by atoms with E-state index < -0.39 is 44.4 Å². The SMILES string of the molecule is CP(=O)(O)OC[C@H]1OC(n2ccc(N)nc2=O)[C@@H](O)[C@@H]1O. The smallest absolute Gasteiger partial charge is 0.351 e. The van der Waals surface area contributed by atoms with Crippen LogP contribution in [0.15, 0.2) is 17.1 Å². The first-order valence-corrected chi connectivity index (χ1v) is 8.02. The highest BCUT2D eigenvalue weighted by atomic mass is 31.2.